The van der Waals surface area contributed by atoms with Gasteiger partial charge in [0.25, 0.3) is 0 Å². The number of nitrogen functional groups attached to an aromatic ring is 1. The van der Waals surface area contributed by atoms with Crippen LogP contribution >= 0.6 is 11.3 Å². The standard InChI is InChI=1S/C16H15NS/c1-10-15(16(17)11(2)18-10)14-8-7-12-5-3-4-6-13(12)9-14/h3-9H,17H2,1-2H3. The molecule has 1 nitrogen and oxygen atoms in total. The number of hydrogen-bond acceptors (Lipinski definition) is 2. The number of fused-ring (bicyclic) bond motifs is 1. The van der Waals surface area contributed by atoms with Gasteiger partial charge >= 0.3 is 0 Å². The molecule has 2 N–H and O–H groups in total. The van der Waals surface area contributed by atoms with Gasteiger partial charge in [0.15, 0.2) is 0 Å². The Morgan fingerprint density at radius 2 is 1.61 bits per heavy atom. The zero-order valence-corrected chi connectivity index (χ0v) is 11.3. The maximum Gasteiger partial charge on any atom is 0.0535 e. The van der Waals surface area contributed by atoms with E-state index in [1.54, 1.807) is 11.3 Å². The summed E-state index contributed by atoms with van der Waals surface area (Å²) in [5, 5.41) is 2.53. The van der Waals surface area contributed by atoms with E-state index < -0.39 is 0 Å². The first-order chi connectivity index (χ1) is 8.66. The minimum atomic E-state index is 0.924. The molecule has 0 amide bonds. The van der Waals surface area contributed by atoms with E-state index in [1.807, 2.05) is 0 Å². The first kappa shape index (κ1) is 11.3. The SMILES string of the molecule is Cc1sc(C)c(-c2ccc3ccccc3c2)c1N. The van der Waals surface area contributed by atoms with Crippen molar-refractivity contribution in [3.63, 3.8) is 0 Å². The Balaban J connectivity index is 2.25. The lowest BCUT2D eigenvalue weighted by atomic mass is 10.0. The number of thiophene rings is 1. The van der Waals surface area contributed by atoms with Gasteiger partial charge in [0.1, 0.15) is 0 Å². The molecule has 0 aliphatic rings. The molecular formula is C16H15NS. The monoisotopic (exact) mass is 253 g/mol. The second-order valence-corrected chi connectivity index (χ2v) is 5.99. The van der Waals surface area contributed by atoms with Crippen LogP contribution in [0.5, 0.6) is 0 Å². The van der Waals surface area contributed by atoms with E-state index in [0.717, 1.165) is 5.69 Å². The molecule has 0 aliphatic heterocycles. The van der Waals surface area contributed by atoms with Crippen LogP contribution in [0.2, 0.25) is 0 Å². The Kier molecular flexibility index (Phi) is 2.60. The van der Waals surface area contributed by atoms with Crippen molar-refractivity contribution in [2.75, 3.05) is 5.73 Å². The van der Waals surface area contributed by atoms with Crippen LogP contribution in [-0.4, -0.2) is 0 Å². The highest BCUT2D eigenvalue weighted by molar-refractivity contribution is 7.13. The van der Waals surface area contributed by atoms with Crippen LogP contribution in [0, 0.1) is 13.8 Å². The topological polar surface area (TPSA) is 26.0 Å². The van der Waals surface area contributed by atoms with Gasteiger partial charge in [-0.1, -0.05) is 36.4 Å². The van der Waals surface area contributed by atoms with Crippen LogP contribution in [0.1, 0.15) is 9.75 Å². The minimum absolute atomic E-state index is 0.924. The van der Waals surface area contributed by atoms with E-state index in [9.17, 15) is 0 Å². The molecule has 18 heavy (non-hydrogen) atoms. The highest BCUT2D eigenvalue weighted by Crippen LogP contribution is 2.38. The van der Waals surface area contributed by atoms with Crippen molar-refractivity contribution in [2.24, 2.45) is 0 Å². The molecule has 1 aromatic heterocycles. The normalized spacial score (nSPS) is 11.0. The lowest BCUT2D eigenvalue weighted by Crippen LogP contribution is -1.88. The van der Waals surface area contributed by atoms with E-state index in [2.05, 4.69) is 56.3 Å². The van der Waals surface area contributed by atoms with Crippen molar-refractivity contribution < 1.29 is 0 Å². The van der Waals surface area contributed by atoms with Crippen LogP contribution in [0.15, 0.2) is 42.5 Å². The second-order valence-electron chi connectivity index (χ2n) is 4.57. The first-order valence-corrected chi connectivity index (χ1v) is 6.83. The molecule has 2 aromatic carbocycles. The predicted molar refractivity (Wildman–Crippen MR) is 81.1 cm³/mol. The molecule has 0 aliphatic carbocycles. The van der Waals surface area contributed by atoms with Gasteiger partial charge in [0, 0.05) is 15.3 Å². The summed E-state index contributed by atoms with van der Waals surface area (Å²) in [6.07, 6.45) is 0. The predicted octanol–water partition coefficient (Wildman–Crippen LogP) is 4.77. The summed E-state index contributed by atoms with van der Waals surface area (Å²) < 4.78 is 0. The number of aryl methyl sites for hydroxylation is 2. The van der Waals surface area contributed by atoms with E-state index in [1.165, 1.54) is 31.7 Å². The van der Waals surface area contributed by atoms with Gasteiger partial charge < -0.3 is 5.73 Å². The van der Waals surface area contributed by atoms with Crippen LogP contribution in [0.25, 0.3) is 21.9 Å². The fraction of sp³-hybridized carbons (Fsp3) is 0.125. The molecule has 0 fully saturated rings. The summed E-state index contributed by atoms with van der Waals surface area (Å²) >= 11 is 1.77. The minimum Gasteiger partial charge on any atom is -0.397 e. The Labute approximate surface area is 111 Å². The second kappa shape index (κ2) is 4.14. The molecule has 3 rings (SSSR count). The van der Waals surface area contributed by atoms with E-state index in [4.69, 9.17) is 5.73 Å². The highest BCUT2D eigenvalue weighted by Gasteiger charge is 2.12. The smallest absolute Gasteiger partial charge is 0.0535 e. The van der Waals surface area contributed by atoms with Crippen molar-refractivity contribution in [1.82, 2.24) is 0 Å². The van der Waals surface area contributed by atoms with Crippen molar-refractivity contribution in [3.8, 4) is 11.1 Å². The summed E-state index contributed by atoms with van der Waals surface area (Å²) in [5.41, 5.74) is 9.53. The molecule has 0 saturated heterocycles. The first-order valence-electron chi connectivity index (χ1n) is 6.01. The average Bonchev–Trinajstić information content (AvgIpc) is 2.63. The quantitative estimate of drug-likeness (QED) is 0.664. The van der Waals surface area contributed by atoms with Gasteiger partial charge in [-0.3, -0.25) is 0 Å². The molecular weight excluding hydrogens is 238 g/mol. The summed E-state index contributed by atoms with van der Waals surface area (Å²) in [6.45, 7) is 4.22. The number of nitrogens with two attached hydrogens (primary N) is 1. The van der Waals surface area contributed by atoms with Crippen LogP contribution < -0.4 is 5.73 Å². The molecule has 1 heterocycles. The average molecular weight is 253 g/mol. The number of rotatable bonds is 1. The van der Waals surface area contributed by atoms with E-state index in [0.29, 0.717) is 0 Å². The number of benzene rings is 2. The maximum absolute atomic E-state index is 6.19. The number of anilines is 1. The fourth-order valence-corrected chi connectivity index (χ4v) is 3.41. The van der Waals surface area contributed by atoms with Crippen molar-refractivity contribution in [3.05, 3.63) is 52.2 Å². The Morgan fingerprint density at radius 1 is 0.889 bits per heavy atom. The molecule has 2 heteroatoms. The molecule has 0 saturated carbocycles. The third kappa shape index (κ3) is 1.70. The fourth-order valence-electron chi connectivity index (χ4n) is 2.40. The molecule has 0 radical (unpaired) electrons. The Hall–Kier alpha value is -1.80. The third-order valence-electron chi connectivity index (χ3n) is 3.35. The van der Waals surface area contributed by atoms with Crippen molar-refractivity contribution in [1.29, 1.82) is 0 Å². The van der Waals surface area contributed by atoms with Gasteiger partial charge in [-0.2, -0.15) is 0 Å². The summed E-state index contributed by atoms with van der Waals surface area (Å²) in [4.78, 5) is 2.50. The van der Waals surface area contributed by atoms with Gasteiger partial charge in [-0.15, -0.1) is 11.3 Å². The van der Waals surface area contributed by atoms with Gasteiger partial charge in [-0.05, 0) is 36.2 Å². The lowest BCUT2D eigenvalue weighted by molar-refractivity contribution is 1.57. The van der Waals surface area contributed by atoms with E-state index >= 15 is 0 Å². The lowest BCUT2D eigenvalue weighted by Gasteiger charge is -2.05. The van der Waals surface area contributed by atoms with Gasteiger partial charge in [0.05, 0.1) is 5.69 Å². The van der Waals surface area contributed by atoms with Crippen molar-refractivity contribution in [2.45, 2.75) is 13.8 Å². The summed E-state index contributed by atoms with van der Waals surface area (Å²) in [5.74, 6) is 0. The molecule has 3 aromatic rings. The third-order valence-corrected chi connectivity index (χ3v) is 4.38. The zero-order chi connectivity index (χ0) is 12.7. The maximum atomic E-state index is 6.19. The molecule has 90 valence electrons. The highest BCUT2D eigenvalue weighted by atomic mass is 32.1. The molecule has 0 bridgehead atoms. The molecule has 0 spiro atoms. The van der Waals surface area contributed by atoms with Crippen LogP contribution in [0.3, 0.4) is 0 Å². The van der Waals surface area contributed by atoms with Crippen LogP contribution in [0.4, 0.5) is 5.69 Å². The van der Waals surface area contributed by atoms with Crippen LogP contribution in [-0.2, 0) is 0 Å². The Bertz CT molecular complexity index is 725. The van der Waals surface area contributed by atoms with E-state index in [-0.39, 0.29) is 0 Å². The zero-order valence-electron chi connectivity index (χ0n) is 10.5. The summed E-state index contributed by atoms with van der Waals surface area (Å²) in [7, 11) is 0. The van der Waals surface area contributed by atoms with Gasteiger partial charge in [0.2, 0.25) is 0 Å². The summed E-state index contributed by atoms with van der Waals surface area (Å²) in [6, 6.07) is 15.0. The van der Waals surface area contributed by atoms with Gasteiger partial charge in [-0.25, -0.2) is 0 Å². The molecule has 0 atom stereocenters. The van der Waals surface area contributed by atoms with Crippen molar-refractivity contribution >= 4 is 27.8 Å². The molecule has 0 unspecified atom stereocenters. The largest absolute Gasteiger partial charge is 0.397 e. The number of hydrogen-bond donors (Lipinski definition) is 1. The Morgan fingerprint density at radius 3 is 2.28 bits per heavy atom.